The van der Waals surface area contributed by atoms with Crippen molar-refractivity contribution >= 4 is 23.2 Å². The molecule has 0 heterocycles. The molecule has 4 heteroatoms. The van der Waals surface area contributed by atoms with Crippen molar-refractivity contribution in [3.63, 3.8) is 0 Å². The van der Waals surface area contributed by atoms with Gasteiger partial charge in [-0.1, -0.05) is 65.8 Å². The van der Waals surface area contributed by atoms with Crippen LogP contribution in [-0.4, -0.2) is 11.8 Å². The average molecular weight is 379 g/mol. The number of benzene rings is 2. The number of carbonyl (C=O) groups is 2. The molecule has 0 aliphatic heterocycles. The number of nitrogens with one attached hydrogen (secondary N) is 2. The Morgan fingerprint density at radius 2 is 0.893 bits per heavy atom. The number of amides is 2. The van der Waals surface area contributed by atoms with Crippen LogP contribution in [0.25, 0.3) is 0 Å². The van der Waals surface area contributed by atoms with Crippen LogP contribution in [0, 0.1) is 0 Å². The fraction of sp³-hybridized carbons (Fsp3) is 0.333. The lowest BCUT2D eigenvalue weighted by molar-refractivity contribution is -0.114. The minimum atomic E-state index is -0.346. The first kappa shape index (κ1) is 21.4. The van der Waals surface area contributed by atoms with Crippen LogP contribution in [0.3, 0.4) is 0 Å². The number of rotatable bonds is 4. The van der Waals surface area contributed by atoms with Gasteiger partial charge in [-0.05, 0) is 46.2 Å². The lowest BCUT2D eigenvalue weighted by Crippen LogP contribution is -2.14. The first-order chi connectivity index (χ1) is 12.9. The van der Waals surface area contributed by atoms with Crippen LogP contribution in [0.4, 0.5) is 11.4 Å². The fourth-order valence-corrected chi connectivity index (χ4v) is 2.63. The molecule has 0 aromatic heterocycles. The van der Waals surface area contributed by atoms with Crippen molar-refractivity contribution in [3.8, 4) is 0 Å². The summed E-state index contributed by atoms with van der Waals surface area (Å²) < 4.78 is 0. The quantitative estimate of drug-likeness (QED) is 0.698. The molecule has 28 heavy (non-hydrogen) atoms. The summed E-state index contributed by atoms with van der Waals surface area (Å²) in [5.74, 6) is -0.691. The minimum Gasteiger partial charge on any atom is -0.323 e. The summed E-state index contributed by atoms with van der Waals surface area (Å²) in [6, 6.07) is 15.4. The number of carbonyl (C=O) groups excluding carboxylic acids is 2. The van der Waals surface area contributed by atoms with Crippen molar-refractivity contribution in [2.75, 3.05) is 10.6 Å². The number of hydrogen-bond donors (Lipinski definition) is 2. The predicted molar refractivity (Wildman–Crippen MR) is 117 cm³/mol. The predicted octanol–water partition coefficient (Wildman–Crippen LogP) is 5.42. The summed E-state index contributed by atoms with van der Waals surface area (Å²) in [6.45, 7) is 12.8. The first-order valence-electron chi connectivity index (χ1n) is 9.46. The Balaban J connectivity index is 1.90. The van der Waals surface area contributed by atoms with E-state index in [-0.39, 0.29) is 22.6 Å². The highest BCUT2D eigenvalue weighted by molar-refractivity contribution is 6.06. The Hall–Kier alpha value is -2.88. The molecule has 2 aromatic rings. The van der Waals surface area contributed by atoms with Crippen molar-refractivity contribution in [1.82, 2.24) is 0 Å². The minimum absolute atomic E-state index is 0.0611. The number of hydrogen-bond acceptors (Lipinski definition) is 2. The maximum atomic E-state index is 12.0. The van der Waals surface area contributed by atoms with Gasteiger partial charge in [0.05, 0.1) is 0 Å². The molecule has 0 saturated carbocycles. The first-order valence-corrected chi connectivity index (χ1v) is 9.46. The fourth-order valence-electron chi connectivity index (χ4n) is 2.63. The van der Waals surface area contributed by atoms with Gasteiger partial charge < -0.3 is 10.6 Å². The van der Waals surface area contributed by atoms with Crippen LogP contribution in [0.1, 0.15) is 52.7 Å². The van der Waals surface area contributed by atoms with E-state index in [1.807, 2.05) is 48.5 Å². The highest BCUT2D eigenvalue weighted by Gasteiger charge is 2.14. The van der Waals surface area contributed by atoms with E-state index in [0.717, 1.165) is 0 Å². The Labute approximate surface area is 168 Å². The van der Waals surface area contributed by atoms with Crippen LogP contribution >= 0.6 is 0 Å². The third kappa shape index (κ3) is 6.38. The largest absolute Gasteiger partial charge is 0.323 e. The van der Waals surface area contributed by atoms with Gasteiger partial charge in [0.25, 0.3) is 0 Å². The highest BCUT2D eigenvalue weighted by Crippen LogP contribution is 2.24. The van der Waals surface area contributed by atoms with Crippen LogP contribution in [0.5, 0.6) is 0 Å². The molecule has 2 rings (SSSR count). The Kier molecular flexibility index (Phi) is 6.45. The van der Waals surface area contributed by atoms with Crippen molar-refractivity contribution in [2.45, 2.75) is 52.4 Å². The van der Waals surface area contributed by atoms with Crippen molar-refractivity contribution in [2.24, 2.45) is 0 Å². The Morgan fingerprint density at radius 3 is 1.14 bits per heavy atom. The molecule has 148 valence electrons. The van der Waals surface area contributed by atoms with E-state index in [2.05, 4.69) is 52.2 Å². The maximum Gasteiger partial charge on any atom is 0.248 e. The highest BCUT2D eigenvalue weighted by atomic mass is 16.2. The molecule has 0 spiro atoms. The maximum absolute atomic E-state index is 12.0. The molecule has 0 bridgehead atoms. The average Bonchev–Trinajstić information content (AvgIpc) is 2.59. The van der Waals surface area contributed by atoms with E-state index in [0.29, 0.717) is 11.4 Å². The monoisotopic (exact) mass is 378 g/mol. The molecule has 2 N–H and O–H groups in total. The summed E-state index contributed by atoms with van der Waals surface area (Å²) in [5, 5.41) is 5.52. The second kappa shape index (κ2) is 8.42. The zero-order valence-electron chi connectivity index (χ0n) is 17.6. The SMILES string of the molecule is CC(C)(C)c1ccc(NC(=O)/C=C/C(=O)Nc2ccc(C(C)(C)C)cc2)cc1. The number of anilines is 2. The van der Waals surface area contributed by atoms with Gasteiger partial charge in [0.2, 0.25) is 11.8 Å². The summed E-state index contributed by atoms with van der Waals surface area (Å²) in [6.07, 6.45) is 2.47. The zero-order chi connectivity index (χ0) is 20.9. The van der Waals surface area contributed by atoms with Crippen LogP contribution in [0.15, 0.2) is 60.7 Å². The molecule has 0 atom stereocenters. The molecule has 2 amide bonds. The molecule has 0 fully saturated rings. The molecule has 2 aromatic carbocycles. The summed E-state index contributed by atoms with van der Waals surface area (Å²) >= 11 is 0. The molecule has 4 nitrogen and oxygen atoms in total. The van der Waals surface area contributed by atoms with Gasteiger partial charge in [0.1, 0.15) is 0 Å². The van der Waals surface area contributed by atoms with Gasteiger partial charge in [-0.3, -0.25) is 9.59 Å². The normalized spacial score (nSPS) is 12.1. The van der Waals surface area contributed by atoms with Crippen molar-refractivity contribution < 1.29 is 9.59 Å². The summed E-state index contributed by atoms with van der Waals surface area (Å²) in [5.41, 5.74) is 3.90. The summed E-state index contributed by atoms with van der Waals surface area (Å²) in [7, 11) is 0. The van der Waals surface area contributed by atoms with Gasteiger partial charge in [0.15, 0.2) is 0 Å². The molecule has 0 radical (unpaired) electrons. The molecule has 0 aliphatic rings. The van der Waals surface area contributed by atoms with E-state index in [1.54, 1.807) is 0 Å². The van der Waals surface area contributed by atoms with Gasteiger partial charge in [-0.15, -0.1) is 0 Å². The lowest BCUT2D eigenvalue weighted by Gasteiger charge is -2.19. The second-order valence-corrected chi connectivity index (χ2v) is 8.97. The van der Waals surface area contributed by atoms with Gasteiger partial charge in [0, 0.05) is 23.5 Å². The summed E-state index contributed by atoms with van der Waals surface area (Å²) in [4.78, 5) is 24.1. The van der Waals surface area contributed by atoms with Gasteiger partial charge >= 0.3 is 0 Å². The molecular formula is C24H30N2O2. The van der Waals surface area contributed by atoms with Crippen molar-refractivity contribution in [1.29, 1.82) is 0 Å². The van der Waals surface area contributed by atoms with E-state index >= 15 is 0 Å². The molecular weight excluding hydrogens is 348 g/mol. The third-order valence-electron chi connectivity index (χ3n) is 4.42. The smallest absolute Gasteiger partial charge is 0.248 e. The van der Waals surface area contributed by atoms with Crippen LogP contribution in [0.2, 0.25) is 0 Å². The van der Waals surface area contributed by atoms with Gasteiger partial charge in [-0.2, -0.15) is 0 Å². The lowest BCUT2D eigenvalue weighted by atomic mass is 9.87. The Bertz CT molecular complexity index is 776. The molecule has 0 aliphatic carbocycles. The van der Waals surface area contributed by atoms with Gasteiger partial charge in [-0.25, -0.2) is 0 Å². The molecule has 0 saturated heterocycles. The topological polar surface area (TPSA) is 58.2 Å². The van der Waals surface area contributed by atoms with E-state index < -0.39 is 0 Å². The zero-order valence-corrected chi connectivity index (χ0v) is 17.6. The van der Waals surface area contributed by atoms with Crippen LogP contribution in [-0.2, 0) is 20.4 Å². The Morgan fingerprint density at radius 1 is 0.607 bits per heavy atom. The van der Waals surface area contributed by atoms with E-state index in [9.17, 15) is 9.59 Å². The third-order valence-corrected chi connectivity index (χ3v) is 4.42. The van der Waals surface area contributed by atoms with Crippen molar-refractivity contribution in [3.05, 3.63) is 71.8 Å². The second-order valence-electron chi connectivity index (χ2n) is 8.97. The van der Waals surface area contributed by atoms with E-state index in [1.165, 1.54) is 23.3 Å². The standard InChI is InChI=1S/C24H30N2O2/c1-23(2,3)17-7-11-19(12-8-17)25-21(27)15-16-22(28)26-20-13-9-18(10-14-20)24(4,5)6/h7-16H,1-6H3,(H,25,27)(H,26,28)/b16-15+. The van der Waals surface area contributed by atoms with E-state index in [4.69, 9.17) is 0 Å². The van der Waals surface area contributed by atoms with Crippen LogP contribution < -0.4 is 10.6 Å². The molecule has 0 unspecified atom stereocenters.